The molecule has 2 aromatic carbocycles. The highest BCUT2D eigenvalue weighted by molar-refractivity contribution is 7.17. The summed E-state index contributed by atoms with van der Waals surface area (Å²) < 4.78 is 1.75. The molecule has 0 saturated carbocycles. The van der Waals surface area contributed by atoms with E-state index in [4.69, 9.17) is 0 Å². The van der Waals surface area contributed by atoms with Gasteiger partial charge in [-0.05, 0) is 35.0 Å². The van der Waals surface area contributed by atoms with E-state index in [2.05, 4.69) is 16.0 Å². The lowest BCUT2D eigenvalue weighted by atomic mass is 10.1. The normalized spacial score (nSPS) is 10.9. The van der Waals surface area contributed by atoms with Gasteiger partial charge in [-0.15, -0.1) is 11.3 Å². The Balaban J connectivity index is 1.59. The van der Waals surface area contributed by atoms with Crippen LogP contribution in [0.3, 0.4) is 0 Å². The summed E-state index contributed by atoms with van der Waals surface area (Å²) in [6, 6.07) is 11.3. The van der Waals surface area contributed by atoms with Gasteiger partial charge in [-0.3, -0.25) is 25.2 Å². The molecule has 0 aliphatic heterocycles. The van der Waals surface area contributed by atoms with Gasteiger partial charge in [-0.2, -0.15) is 5.10 Å². The lowest BCUT2D eigenvalue weighted by Gasteiger charge is -2.10. The highest BCUT2D eigenvalue weighted by Crippen LogP contribution is 2.31. The summed E-state index contributed by atoms with van der Waals surface area (Å²) in [5.74, 6) is -1.26. The van der Waals surface area contributed by atoms with Crippen LogP contribution in [0, 0.1) is 0 Å². The molecule has 0 spiro atoms. The minimum atomic E-state index is -0.666. The van der Waals surface area contributed by atoms with Crippen molar-refractivity contribution >= 4 is 44.0 Å². The van der Waals surface area contributed by atoms with Crippen molar-refractivity contribution in [2.24, 2.45) is 7.05 Å². The zero-order valence-electron chi connectivity index (χ0n) is 14.6. The number of hydrogen-bond acceptors (Lipinski definition) is 6. The molecular formula is C19H14N4O4S. The zero-order chi connectivity index (χ0) is 19.8. The van der Waals surface area contributed by atoms with Gasteiger partial charge in [0.05, 0.1) is 10.1 Å². The monoisotopic (exact) mass is 394 g/mol. The predicted molar refractivity (Wildman–Crippen MR) is 105 cm³/mol. The van der Waals surface area contributed by atoms with Crippen LogP contribution < -0.4 is 16.4 Å². The number of aromatic nitrogens is 2. The van der Waals surface area contributed by atoms with Crippen LogP contribution in [0.2, 0.25) is 0 Å². The van der Waals surface area contributed by atoms with Crippen LogP contribution in [0.4, 0.5) is 0 Å². The summed E-state index contributed by atoms with van der Waals surface area (Å²) in [6.07, 6.45) is 0. The van der Waals surface area contributed by atoms with Gasteiger partial charge >= 0.3 is 0 Å². The fourth-order valence-corrected chi connectivity index (χ4v) is 3.70. The van der Waals surface area contributed by atoms with E-state index in [9.17, 15) is 19.5 Å². The molecule has 3 N–H and O–H groups in total. The van der Waals surface area contributed by atoms with Crippen molar-refractivity contribution in [1.29, 1.82) is 0 Å². The highest BCUT2D eigenvalue weighted by atomic mass is 32.1. The smallest absolute Gasteiger partial charge is 0.290 e. The molecule has 0 bridgehead atoms. The average Bonchev–Trinajstić information content (AvgIpc) is 3.18. The number of amides is 2. The molecule has 2 amide bonds. The number of hydrazine groups is 1. The van der Waals surface area contributed by atoms with Gasteiger partial charge in [0, 0.05) is 18.0 Å². The van der Waals surface area contributed by atoms with Crippen LogP contribution in [0.5, 0.6) is 5.75 Å². The Bertz CT molecular complexity index is 1310. The van der Waals surface area contributed by atoms with Gasteiger partial charge in [0.25, 0.3) is 17.4 Å². The van der Waals surface area contributed by atoms with Gasteiger partial charge in [0.1, 0.15) is 5.75 Å². The minimum absolute atomic E-state index is 0.00491. The number of phenolic OH excluding ortho intramolecular Hbond substituents is 1. The minimum Gasteiger partial charge on any atom is -0.506 e. The Morgan fingerprint density at radius 2 is 1.79 bits per heavy atom. The number of nitrogens with zero attached hydrogens (tertiary/aromatic N) is 2. The summed E-state index contributed by atoms with van der Waals surface area (Å²) in [4.78, 5) is 37.1. The summed E-state index contributed by atoms with van der Waals surface area (Å²) in [5, 5.41) is 17.3. The number of carbonyl (C=O) groups is 2. The number of hydrogen-bond donors (Lipinski definition) is 3. The van der Waals surface area contributed by atoms with Crippen molar-refractivity contribution in [3.05, 3.63) is 69.5 Å². The van der Waals surface area contributed by atoms with Crippen molar-refractivity contribution in [1.82, 2.24) is 20.6 Å². The van der Waals surface area contributed by atoms with Gasteiger partial charge in [-0.1, -0.05) is 18.2 Å². The number of phenols is 1. The average molecular weight is 394 g/mol. The maximum absolute atomic E-state index is 12.5. The molecule has 0 aliphatic rings. The molecule has 4 aromatic rings. The van der Waals surface area contributed by atoms with Gasteiger partial charge in [0.15, 0.2) is 5.69 Å². The van der Waals surface area contributed by atoms with E-state index in [0.717, 1.165) is 10.1 Å². The van der Waals surface area contributed by atoms with Crippen LogP contribution >= 0.6 is 11.3 Å². The number of aryl methyl sites for hydroxylation is 1. The Hall–Kier alpha value is -3.72. The first-order valence-electron chi connectivity index (χ1n) is 8.22. The lowest BCUT2D eigenvalue weighted by molar-refractivity contribution is 0.0844. The predicted octanol–water partition coefficient (Wildman–Crippen LogP) is 1.93. The Morgan fingerprint density at radius 3 is 2.57 bits per heavy atom. The second-order valence-corrected chi connectivity index (χ2v) is 6.98. The molecule has 0 fully saturated rings. The van der Waals surface area contributed by atoms with E-state index in [1.165, 1.54) is 24.5 Å². The summed E-state index contributed by atoms with van der Waals surface area (Å²) in [5.41, 5.74) is 4.49. The van der Waals surface area contributed by atoms with Crippen LogP contribution in [-0.2, 0) is 7.05 Å². The molecule has 2 heterocycles. The number of aromatic hydroxyl groups is 1. The number of fused-ring (bicyclic) bond motifs is 2. The van der Waals surface area contributed by atoms with Crippen molar-refractivity contribution < 1.29 is 14.7 Å². The zero-order valence-corrected chi connectivity index (χ0v) is 15.4. The van der Waals surface area contributed by atoms with Crippen molar-refractivity contribution in [2.45, 2.75) is 0 Å². The van der Waals surface area contributed by atoms with Crippen LogP contribution in [0.25, 0.3) is 20.9 Å². The number of nitrogens with one attached hydrogen (secondary N) is 2. The number of carbonyl (C=O) groups excluding carboxylic acids is 2. The van der Waals surface area contributed by atoms with Crippen LogP contribution in [0.15, 0.2) is 52.6 Å². The number of rotatable bonds is 2. The van der Waals surface area contributed by atoms with E-state index in [-0.39, 0.29) is 22.6 Å². The molecule has 2 aromatic heterocycles. The molecule has 8 nitrogen and oxygen atoms in total. The van der Waals surface area contributed by atoms with Crippen LogP contribution in [0.1, 0.15) is 20.8 Å². The SMILES string of the molecule is Cn1nc(C(=O)NNC(=O)c2cc(O)c3sccc3c2)c2ccccc2c1=O. The largest absolute Gasteiger partial charge is 0.506 e. The van der Waals surface area contributed by atoms with E-state index in [1.54, 1.807) is 36.4 Å². The second-order valence-electron chi connectivity index (χ2n) is 6.07. The van der Waals surface area contributed by atoms with Gasteiger partial charge < -0.3 is 5.11 Å². The molecule has 0 radical (unpaired) electrons. The summed E-state index contributed by atoms with van der Waals surface area (Å²) in [6.45, 7) is 0. The third-order valence-corrected chi connectivity index (χ3v) is 5.21. The first-order valence-corrected chi connectivity index (χ1v) is 9.10. The number of thiophene rings is 1. The quantitative estimate of drug-likeness (QED) is 0.450. The van der Waals surface area contributed by atoms with Gasteiger partial charge in [-0.25, -0.2) is 4.68 Å². The third kappa shape index (κ3) is 2.97. The summed E-state index contributed by atoms with van der Waals surface area (Å²) >= 11 is 1.37. The molecule has 0 saturated heterocycles. The standard InChI is InChI=1S/C19H14N4O4S/c1-23-19(27)13-5-3-2-4-12(13)15(22-23)18(26)21-20-17(25)11-8-10-6-7-28-16(10)14(24)9-11/h2-9,24H,1H3,(H,20,25)(H,21,26). The highest BCUT2D eigenvalue weighted by Gasteiger charge is 2.17. The molecule has 4 rings (SSSR count). The molecule has 28 heavy (non-hydrogen) atoms. The van der Waals surface area contributed by atoms with E-state index in [0.29, 0.717) is 15.5 Å². The van der Waals surface area contributed by atoms with Crippen LogP contribution in [-0.4, -0.2) is 26.7 Å². The maximum atomic E-state index is 12.5. The fraction of sp³-hybridized carbons (Fsp3) is 0.0526. The number of benzene rings is 2. The molecule has 0 aliphatic carbocycles. The molecule has 0 atom stereocenters. The lowest BCUT2D eigenvalue weighted by Crippen LogP contribution is -2.42. The summed E-state index contributed by atoms with van der Waals surface area (Å²) in [7, 11) is 1.45. The third-order valence-electron chi connectivity index (χ3n) is 4.25. The first kappa shape index (κ1) is 17.7. The van der Waals surface area contributed by atoms with E-state index >= 15 is 0 Å². The second kappa shape index (κ2) is 6.78. The Labute approximate surface area is 162 Å². The van der Waals surface area contributed by atoms with Crippen molar-refractivity contribution in [2.75, 3.05) is 0 Å². The first-order chi connectivity index (χ1) is 13.5. The van der Waals surface area contributed by atoms with E-state index in [1.807, 2.05) is 5.38 Å². The topological polar surface area (TPSA) is 113 Å². The molecule has 9 heteroatoms. The van der Waals surface area contributed by atoms with Crippen molar-refractivity contribution in [3.63, 3.8) is 0 Å². The Kier molecular flexibility index (Phi) is 4.28. The van der Waals surface area contributed by atoms with Gasteiger partial charge in [0.2, 0.25) is 0 Å². The molecular weight excluding hydrogens is 380 g/mol. The van der Waals surface area contributed by atoms with Crippen molar-refractivity contribution in [3.8, 4) is 5.75 Å². The van der Waals surface area contributed by atoms with E-state index < -0.39 is 11.8 Å². The fourth-order valence-electron chi connectivity index (χ4n) is 2.91. The molecule has 140 valence electrons. The Morgan fingerprint density at radius 1 is 1.07 bits per heavy atom. The maximum Gasteiger partial charge on any atom is 0.290 e. The molecule has 0 unspecified atom stereocenters.